The predicted molar refractivity (Wildman–Crippen MR) is 64.1 cm³/mol. The van der Waals surface area contributed by atoms with Gasteiger partial charge in [0, 0.05) is 4.47 Å². The van der Waals surface area contributed by atoms with E-state index in [1.165, 1.54) is 0 Å². The molecule has 2 N–H and O–H groups in total. The number of benzene rings is 1. The lowest BCUT2D eigenvalue weighted by Crippen LogP contribution is -2.28. The van der Waals surface area contributed by atoms with E-state index < -0.39 is 6.09 Å². The second-order valence-electron chi connectivity index (χ2n) is 3.25. The monoisotopic (exact) mass is 287 g/mol. The second kappa shape index (κ2) is 6.50. The number of aliphatic hydroxyl groups is 1. The summed E-state index contributed by atoms with van der Waals surface area (Å²) in [6.45, 7) is 1.70. The molecule has 0 aliphatic carbocycles. The van der Waals surface area contributed by atoms with Crippen molar-refractivity contribution in [2.24, 2.45) is 0 Å². The number of carbonyl (C=O) groups is 1. The van der Waals surface area contributed by atoms with E-state index in [4.69, 9.17) is 9.84 Å². The zero-order valence-corrected chi connectivity index (χ0v) is 10.5. The van der Waals surface area contributed by atoms with Gasteiger partial charge in [-0.1, -0.05) is 34.1 Å². The molecular formula is C11H14BrNO3. The van der Waals surface area contributed by atoms with Gasteiger partial charge < -0.3 is 15.2 Å². The minimum Gasteiger partial charge on any atom is -0.447 e. The maximum Gasteiger partial charge on any atom is 0.407 e. The fourth-order valence-corrected chi connectivity index (χ4v) is 1.89. The molecule has 1 aromatic rings. The summed E-state index contributed by atoms with van der Waals surface area (Å²) in [7, 11) is 0. The quantitative estimate of drug-likeness (QED) is 0.893. The first-order chi connectivity index (χ1) is 7.65. The number of aliphatic hydroxyl groups excluding tert-OH is 1. The standard InChI is InChI=1S/C11H14BrNO3/c1-8(13-11(15)16-7-6-14)9-4-2-3-5-10(9)12/h2-5,8,14H,6-7H2,1H3,(H,13,15). The van der Waals surface area contributed by atoms with Crippen LogP contribution in [0.15, 0.2) is 28.7 Å². The van der Waals surface area contributed by atoms with Crippen molar-refractivity contribution in [1.82, 2.24) is 5.32 Å². The molecule has 1 amide bonds. The Kier molecular flexibility index (Phi) is 5.28. The third-order valence-electron chi connectivity index (χ3n) is 2.03. The first-order valence-electron chi connectivity index (χ1n) is 4.93. The first kappa shape index (κ1) is 13.0. The summed E-state index contributed by atoms with van der Waals surface area (Å²) in [5.41, 5.74) is 0.975. The Hall–Kier alpha value is -1.07. The second-order valence-corrected chi connectivity index (χ2v) is 4.10. The van der Waals surface area contributed by atoms with Crippen molar-refractivity contribution in [2.45, 2.75) is 13.0 Å². The molecule has 5 heteroatoms. The highest BCUT2D eigenvalue weighted by Gasteiger charge is 2.12. The molecule has 16 heavy (non-hydrogen) atoms. The average Bonchev–Trinajstić information content (AvgIpc) is 2.26. The lowest BCUT2D eigenvalue weighted by Gasteiger charge is -2.15. The molecule has 0 fully saturated rings. The zero-order chi connectivity index (χ0) is 12.0. The van der Waals surface area contributed by atoms with Gasteiger partial charge in [0.25, 0.3) is 0 Å². The van der Waals surface area contributed by atoms with Crippen LogP contribution in [0.2, 0.25) is 0 Å². The van der Waals surface area contributed by atoms with Crippen molar-refractivity contribution in [3.63, 3.8) is 0 Å². The normalized spacial score (nSPS) is 11.9. The van der Waals surface area contributed by atoms with Gasteiger partial charge in [-0.2, -0.15) is 0 Å². The van der Waals surface area contributed by atoms with Crippen LogP contribution in [-0.2, 0) is 4.74 Å². The van der Waals surface area contributed by atoms with Gasteiger partial charge in [-0.3, -0.25) is 0 Å². The van der Waals surface area contributed by atoms with E-state index >= 15 is 0 Å². The number of halogens is 1. The van der Waals surface area contributed by atoms with Crippen molar-refractivity contribution >= 4 is 22.0 Å². The van der Waals surface area contributed by atoms with Crippen LogP contribution >= 0.6 is 15.9 Å². The zero-order valence-electron chi connectivity index (χ0n) is 8.94. The molecule has 1 aromatic carbocycles. The van der Waals surface area contributed by atoms with Crippen LogP contribution < -0.4 is 5.32 Å². The molecule has 0 heterocycles. The Morgan fingerprint density at radius 2 is 2.25 bits per heavy atom. The summed E-state index contributed by atoms with van der Waals surface area (Å²) >= 11 is 3.41. The number of nitrogens with one attached hydrogen (secondary N) is 1. The fraction of sp³-hybridized carbons (Fsp3) is 0.364. The molecule has 1 atom stereocenters. The Morgan fingerprint density at radius 3 is 2.88 bits per heavy atom. The number of hydrogen-bond donors (Lipinski definition) is 2. The summed E-state index contributed by atoms with van der Waals surface area (Å²) in [6.07, 6.45) is -0.530. The molecule has 0 aliphatic rings. The lowest BCUT2D eigenvalue weighted by atomic mass is 10.1. The predicted octanol–water partition coefficient (Wildman–Crippen LogP) is 2.23. The first-order valence-corrected chi connectivity index (χ1v) is 5.73. The van der Waals surface area contributed by atoms with Crippen molar-refractivity contribution in [1.29, 1.82) is 0 Å². The van der Waals surface area contributed by atoms with Gasteiger partial charge in [0.2, 0.25) is 0 Å². The molecule has 0 saturated carbocycles. The van der Waals surface area contributed by atoms with Crippen LogP contribution in [0.5, 0.6) is 0 Å². The van der Waals surface area contributed by atoms with Gasteiger partial charge in [0.05, 0.1) is 12.6 Å². The molecule has 0 spiro atoms. The Morgan fingerprint density at radius 1 is 1.56 bits per heavy atom. The van der Waals surface area contributed by atoms with Crippen LogP contribution in [0.4, 0.5) is 4.79 Å². The van der Waals surface area contributed by atoms with Crippen LogP contribution in [0.1, 0.15) is 18.5 Å². The molecule has 1 unspecified atom stereocenters. The van der Waals surface area contributed by atoms with Crippen LogP contribution in [0.3, 0.4) is 0 Å². The Labute approximate surface area is 103 Å². The van der Waals surface area contributed by atoms with Crippen LogP contribution in [0.25, 0.3) is 0 Å². The van der Waals surface area contributed by atoms with E-state index in [0.29, 0.717) is 0 Å². The minimum absolute atomic E-state index is 0.00845. The fourth-order valence-electron chi connectivity index (χ4n) is 1.26. The smallest absolute Gasteiger partial charge is 0.407 e. The van der Waals surface area contributed by atoms with Gasteiger partial charge in [0.1, 0.15) is 6.61 Å². The van der Waals surface area contributed by atoms with Crippen LogP contribution in [0, 0.1) is 0 Å². The highest BCUT2D eigenvalue weighted by molar-refractivity contribution is 9.10. The maximum absolute atomic E-state index is 11.2. The van der Waals surface area contributed by atoms with E-state index in [9.17, 15) is 4.79 Å². The van der Waals surface area contributed by atoms with Crippen molar-refractivity contribution in [2.75, 3.05) is 13.2 Å². The van der Waals surface area contributed by atoms with Gasteiger partial charge in [-0.25, -0.2) is 4.79 Å². The number of ether oxygens (including phenoxy) is 1. The third kappa shape index (κ3) is 3.83. The third-order valence-corrected chi connectivity index (χ3v) is 2.75. The largest absolute Gasteiger partial charge is 0.447 e. The molecular weight excluding hydrogens is 274 g/mol. The van der Waals surface area contributed by atoms with E-state index in [-0.39, 0.29) is 19.3 Å². The Balaban J connectivity index is 2.55. The molecule has 1 rings (SSSR count). The molecule has 0 aliphatic heterocycles. The Bertz CT molecular complexity index is 357. The molecule has 0 saturated heterocycles. The van der Waals surface area contributed by atoms with E-state index in [1.54, 1.807) is 0 Å². The number of carbonyl (C=O) groups excluding carboxylic acids is 1. The number of rotatable bonds is 4. The van der Waals surface area contributed by atoms with Crippen molar-refractivity contribution < 1.29 is 14.6 Å². The minimum atomic E-state index is -0.530. The molecule has 4 nitrogen and oxygen atoms in total. The van der Waals surface area contributed by atoms with Crippen molar-refractivity contribution in [3.8, 4) is 0 Å². The highest BCUT2D eigenvalue weighted by atomic mass is 79.9. The average molecular weight is 288 g/mol. The summed E-state index contributed by atoms with van der Waals surface area (Å²) in [5, 5.41) is 11.2. The van der Waals surface area contributed by atoms with Crippen LogP contribution in [-0.4, -0.2) is 24.4 Å². The van der Waals surface area contributed by atoms with Gasteiger partial charge in [0.15, 0.2) is 0 Å². The SMILES string of the molecule is CC(NC(=O)OCCO)c1ccccc1Br. The van der Waals surface area contributed by atoms with E-state index in [1.807, 2.05) is 31.2 Å². The lowest BCUT2D eigenvalue weighted by molar-refractivity contribution is 0.116. The number of amides is 1. The highest BCUT2D eigenvalue weighted by Crippen LogP contribution is 2.22. The molecule has 88 valence electrons. The van der Waals surface area contributed by atoms with Crippen molar-refractivity contribution in [3.05, 3.63) is 34.3 Å². The summed E-state index contributed by atoms with van der Waals surface area (Å²) in [5.74, 6) is 0. The van der Waals surface area contributed by atoms with E-state index in [0.717, 1.165) is 10.0 Å². The van der Waals surface area contributed by atoms with E-state index in [2.05, 4.69) is 21.2 Å². The number of alkyl carbamates (subject to hydrolysis) is 1. The summed E-state index contributed by atoms with van der Waals surface area (Å²) < 4.78 is 5.64. The van der Waals surface area contributed by atoms with Gasteiger partial charge in [-0.15, -0.1) is 0 Å². The van der Waals surface area contributed by atoms with Gasteiger partial charge in [-0.05, 0) is 18.6 Å². The number of hydrogen-bond acceptors (Lipinski definition) is 3. The maximum atomic E-state index is 11.2. The van der Waals surface area contributed by atoms with Gasteiger partial charge >= 0.3 is 6.09 Å². The molecule has 0 aromatic heterocycles. The summed E-state index contributed by atoms with van der Waals surface area (Å²) in [6, 6.07) is 7.48. The molecule has 0 bridgehead atoms. The topological polar surface area (TPSA) is 58.6 Å². The summed E-state index contributed by atoms with van der Waals surface area (Å²) in [4.78, 5) is 11.2. The molecule has 0 radical (unpaired) electrons.